The van der Waals surface area contributed by atoms with E-state index in [0.29, 0.717) is 0 Å². The number of aromatic nitrogens is 2. The molecule has 0 atom stereocenters. The monoisotopic (exact) mass is 280 g/mol. The second-order valence-electron chi connectivity index (χ2n) is 3.81. The van der Waals surface area contributed by atoms with Gasteiger partial charge in [-0.05, 0) is 18.1 Å². The molecule has 0 aliphatic heterocycles. The quantitative estimate of drug-likeness (QED) is 0.844. The summed E-state index contributed by atoms with van der Waals surface area (Å²) < 4.78 is 1.50. The van der Waals surface area contributed by atoms with Crippen LogP contribution in [0.3, 0.4) is 0 Å². The van der Waals surface area contributed by atoms with Gasteiger partial charge in [0.25, 0.3) is 5.56 Å². The van der Waals surface area contributed by atoms with Crippen LogP contribution in [-0.2, 0) is 12.4 Å². The van der Waals surface area contributed by atoms with Gasteiger partial charge in [0, 0.05) is 18.1 Å². The zero-order valence-electron chi connectivity index (χ0n) is 9.25. The molecular weight excluding hydrogens is 268 g/mol. The van der Waals surface area contributed by atoms with Crippen LogP contribution in [0.25, 0.3) is 11.1 Å². The number of nitrogens with one attached hydrogen (secondary N) is 1. The van der Waals surface area contributed by atoms with Crippen molar-refractivity contribution in [2.45, 2.75) is 12.3 Å². The summed E-state index contributed by atoms with van der Waals surface area (Å²) in [4.78, 5) is 11.9. The average Bonchev–Trinajstić information content (AvgIpc) is 2.54. The maximum absolute atomic E-state index is 11.9. The molecule has 0 spiro atoms. The van der Waals surface area contributed by atoms with Crippen molar-refractivity contribution in [1.82, 2.24) is 9.78 Å². The van der Waals surface area contributed by atoms with Crippen molar-refractivity contribution in [2.24, 2.45) is 7.05 Å². The third-order valence-corrected chi connectivity index (χ3v) is 3.27. The Bertz CT molecular complexity index is 551. The summed E-state index contributed by atoms with van der Waals surface area (Å²) in [5.74, 6) is 0. The highest BCUT2D eigenvalue weighted by atomic mass is 79.9. The first-order valence-electron chi connectivity index (χ1n) is 5.04. The Morgan fingerprint density at radius 3 is 2.38 bits per heavy atom. The summed E-state index contributed by atoms with van der Waals surface area (Å²) in [6.07, 6.45) is 0. The van der Waals surface area contributed by atoms with Gasteiger partial charge in [-0.15, -0.1) is 0 Å². The molecule has 0 radical (unpaired) electrons. The van der Waals surface area contributed by atoms with Crippen molar-refractivity contribution in [3.63, 3.8) is 0 Å². The Hall–Kier alpha value is -1.29. The number of H-pyrrole nitrogens is 1. The largest absolute Gasteiger partial charge is 0.300 e. The topological polar surface area (TPSA) is 37.8 Å². The Morgan fingerprint density at radius 1 is 1.31 bits per heavy atom. The smallest absolute Gasteiger partial charge is 0.274 e. The van der Waals surface area contributed by atoms with Gasteiger partial charge in [-0.3, -0.25) is 14.6 Å². The van der Waals surface area contributed by atoms with Gasteiger partial charge in [-0.1, -0.05) is 40.2 Å². The summed E-state index contributed by atoms with van der Waals surface area (Å²) in [5, 5.41) is 3.83. The van der Waals surface area contributed by atoms with Crippen LogP contribution in [0.2, 0.25) is 0 Å². The molecule has 0 amide bonds. The zero-order valence-corrected chi connectivity index (χ0v) is 10.8. The third kappa shape index (κ3) is 1.85. The first kappa shape index (κ1) is 11.2. The molecule has 1 aromatic carbocycles. The van der Waals surface area contributed by atoms with Gasteiger partial charge in [0.2, 0.25) is 0 Å². The molecule has 4 heteroatoms. The normalized spacial score (nSPS) is 10.7. The molecule has 0 saturated carbocycles. The summed E-state index contributed by atoms with van der Waals surface area (Å²) in [6, 6.07) is 8.01. The van der Waals surface area contributed by atoms with E-state index in [0.717, 1.165) is 22.2 Å². The number of rotatable bonds is 2. The first-order chi connectivity index (χ1) is 7.63. The van der Waals surface area contributed by atoms with Crippen molar-refractivity contribution < 1.29 is 0 Å². The summed E-state index contributed by atoms with van der Waals surface area (Å²) in [5.41, 5.74) is 3.84. The second kappa shape index (κ2) is 4.29. The Labute approximate surface area is 102 Å². The van der Waals surface area contributed by atoms with Crippen LogP contribution in [0.15, 0.2) is 29.1 Å². The van der Waals surface area contributed by atoms with Gasteiger partial charge in [-0.2, -0.15) is 0 Å². The van der Waals surface area contributed by atoms with E-state index in [1.165, 1.54) is 10.2 Å². The van der Waals surface area contributed by atoms with Crippen molar-refractivity contribution >= 4 is 15.9 Å². The lowest BCUT2D eigenvalue weighted by Crippen LogP contribution is -2.13. The van der Waals surface area contributed by atoms with E-state index < -0.39 is 0 Å². The van der Waals surface area contributed by atoms with E-state index in [-0.39, 0.29) is 5.56 Å². The number of halogens is 1. The summed E-state index contributed by atoms with van der Waals surface area (Å²) in [6.45, 7) is 1.91. The first-order valence-corrected chi connectivity index (χ1v) is 6.16. The molecular formula is C12H13BrN2O. The van der Waals surface area contributed by atoms with Gasteiger partial charge in [0.05, 0.1) is 5.56 Å². The van der Waals surface area contributed by atoms with E-state index >= 15 is 0 Å². The van der Waals surface area contributed by atoms with Crippen molar-refractivity contribution in [2.75, 3.05) is 0 Å². The van der Waals surface area contributed by atoms with Gasteiger partial charge < -0.3 is 0 Å². The number of hydrogen-bond donors (Lipinski definition) is 1. The molecule has 1 heterocycles. The molecule has 0 aliphatic rings. The predicted octanol–water partition coefficient (Wildman–Crippen LogP) is 2.58. The van der Waals surface area contributed by atoms with Crippen LogP contribution in [0.5, 0.6) is 0 Å². The van der Waals surface area contributed by atoms with E-state index in [1.54, 1.807) is 7.05 Å². The molecule has 16 heavy (non-hydrogen) atoms. The van der Waals surface area contributed by atoms with Crippen molar-refractivity contribution in [3.8, 4) is 11.1 Å². The minimum atomic E-state index is 0.0177. The second-order valence-corrected chi connectivity index (χ2v) is 4.37. The molecule has 2 aromatic rings. The van der Waals surface area contributed by atoms with Crippen LogP contribution in [0.1, 0.15) is 11.3 Å². The number of benzene rings is 1. The summed E-state index contributed by atoms with van der Waals surface area (Å²) in [7, 11) is 1.73. The molecule has 84 valence electrons. The highest BCUT2D eigenvalue weighted by molar-refractivity contribution is 9.08. The molecule has 0 bridgehead atoms. The van der Waals surface area contributed by atoms with Gasteiger partial charge in [0.1, 0.15) is 0 Å². The average molecular weight is 281 g/mol. The molecule has 3 nitrogen and oxygen atoms in total. The van der Waals surface area contributed by atoms with Crippen LogP contribution in [0.4, 0.5) is 0 Å². The molecule has 0 fully saturated rings. The van der Waals surface area contributed by atoms with E-state index in [9.17, 15) is 4.79 Å². The Kier molecular flexibility index (Phi) is 3.01. The van der Waals surface area contributed by atoms with E-state index in [4.69, 9.17) is 0 Å². The SMILES string of the molecule is Cc1[nH]n(C)c(=O)c1-c1ccc(CBr)cc1. The van der Waals surface area contributed by atoms with Crippen LogP contribution < -0.4 is 5.56 Å². The zero-order chi connectivity index (χ0) is 11.7. The van der Waals surface area contributed by atoms with Crippen LogP contribution >= 0.6 is 15.9 Å². The molecule has 2 rings (SSSR count). The number of hydrogen-bond acceptors (Lipinski definition) is 1. The van der Waals surface area contributed by atoms with Crippen molar-refractivity contribution in [3.05, 3.63) is 45.9 Å². The number of nitrogens with zero attached hydrogens (tertiary/aromatic N) is 1. The fourth-order valence-corrected chi connectivity index (χ4v) is 2.16. The summed E-state index contributed by atoms with van der Waals surface area (Å²) >= 11 is 3.40. The Balaban J connectivity index is 2.54. The van der Waals surface area contributed by atoms with Crippen LogP contribution in [0, 0.1) is 6.92 Å². The minimum absolute atomic E-state index is 0.0177. The molecule has 1 aromatic heterocycles. The lowest BCUT2D eigenvalue weighted by atomic mass is 10.1. The fraction of sp³-hybridized carbons (Fsp3) is 0.250. The van der Waals surface area contributed by atoms with Gasteiger partial charge in [-0.25, -0.2) is 0 Å². The molecule has 0 saturated heterocycles. The molecule has 0 aliphatic carbocycles. The van der Waals surface area contributed by atoms with Crippen molar-refractivity contribution in [1.29, 1.82) is 0 Å². The Morgan fingerprint density at radius 2 is 1.94 bits per heavy atom. The molecule has 0 unspecified atom stereocenters. The maximum Gasteiger partial charge on any atom is 0.274 e. The highest BCUT2D eigenvalue weighted by Crippen LogP contribution is 2.19. The number of aromatic amines is 1. The maximum atomic E-state index is 11.9. The van der Waals surface area contributed by atoms with Gasteiger partial charge in [0.15, 0.2) is 0 Å². The number of aryl methyl sites for hydroxylation is 2. The fourth-order valence-electron chi connectivity index (χ4n) is 1.79. The highest BCUT2D eigenvalue weighted by Gasteiger charge is 2.10. The lowest BCUT2D eigenvalue weighted by molar-refractivity contribution is 0.731. The van der Waals surface area contributed by atoms with E-state index in [2.05, 4.69) is 21.0 Å². The van der Waals surface area contributed by atoms with Gasteiger partial charge >= 0.3 is 0 Å². The minimum Gasteiger partial charge on any atom is -0.300 e. The van der Waals surface area contributed by atoms with Crippen LogP contribution in [-0.4, -0.2) is 9.78 Å². The molecule has 1 N–H and O–H groups in total. The standard InChI is InChI=1S/C12H13BrN2O/c1-8-11(12(16)15(2)14-8)10-5-3-9(7-13)4-6-10/h3-6,14H,7H2,1-2H3. The van der Waals surface area contributed by atoms with E-state index in [1.807, 2.05) is 31.2 Å². The number of alkyl halides is 1. The lowest BCUT2D eigenvalue weighted by Gasteiger charge is -1.99. The third-order valence-electron chi connectivity index (χ3n) is 2.63. The predicted molar refractivity (Wildman–Crippen MR) is 68.8 cm³/mol.